The highest BCUT2D eigenvalue weighted by Gasteiger charge is 2.17. The lowest BCUT2D eigenvalue weighted by Crippen LogP contribution is -2.13. The first kappa shape index (κ1) is 18.7. The van der Waals surface area contributed by atoms with Gasteiger partial charge in [-0.2, -0.15) is 0 Å². The van der Waals surface area contributed by atoms with Gasteiger partial charge in [-0.1, -0.05) is 24.3 Å². The Hall–Kier alpha value is -4.26. The van der Waals surface area contributed by atoms with E-state index in [1.54, 1.807) is 31.5 Å². The third-order valence-electron chi connectivity index (χ3n) is 5.02. The number of aromatic nitrogens is 1. The van der Waals surface area contributed by atoms with Gasteiger partial charge in [0.15, 0.2) is 11.5 Å². The van der Waals surface area contributed by atoms with Crippen molar-refractivity contribution in [1.29, 1.82) is 0 Å². The number of benzene rings is 3. The second-order valence-electron chi connectivity index (χ2n) is 6.94. The highest BCUT2D eigenvalue weighted by molar-refractivity contribution is 6.14. The van der Waals surface area contributed by atoms with Gasteiger partial charge in [0.05, 0.1) is 12.7 Å². The van der Waals surface area contributed by atoms with E-state index in [1.165, 1.54) is 0 Å². The second kappa shape index (κ2) is 7.87. The molecule has 5 rings (SSSR count). The monoisotopic (exact) mass is 413 g/mol. The number of anilines is 3. The van der Waals surface area contributed by atoms with Crippen LogP contribution in [0, 0.1) is 0 Å². The molecule has 0 unspecified atom stereocenters. The molecule has 1 aliphatic heterocycles. The Bertz CT molecular complexity index is 1270. The first-order chi connectivity index (χ1) is 15.2. The van der Waals surface area contributed by atoms with Crippen molar-refractivity contribution in [3.63, 3.8) is 0 Å². The average molecular weight is 413 g/mol. The van der Waals surface area contributed by atoms with Crippen molar-refractivity contribution in [2.24, 2.45) is 0 Å². The number of carbonyl (C=O) groups is 1. The van der Waals surface area contributed by atoms with Gasteiger partial charge in [-0.05, 0) is 41.8 Å². The third kappa shape index (κ3) is 3.69. The Labute approximate surface area is 178 Å². The lowest BCUT2D eigenvalue weighted by molar-refractivity contribution is 0.102. The number of nitrogens with one attached hydrogen (secondary N) is 2. The normalized spacial score (nSPS) is 11.9. The minimum atomic E-state index is -0.251. The first-order valence-corrected chi connectivity index (χ1v) is 9.71. The molecule has 7 heteroatoms. The molecule has 0 spiro atoms. The molecular formula is C24H19N3O4. The molecular weight excluding hydrogens is 394 g/mol. The van der Waals surface area contributed by atoms with Gasteiger partial charge in [0, 0.05) is 29.0 Å². The molecule has 2 heterocycles. The molecule has 1 aliphatic rings. The predicted molar refractivity (Wildman–Crippen MR) is 119 cm³/mol. The molecule has 0 atom stereocenters. The molecule has 0 saturated carbocycles. The Morgan fingerprint density at radius 2 is 1.68 bits per heavy atom. The number of nitrogens with zero attached hydrogens (tertiary/aromatic N) is 1. The van der Waals surface area contributed by atoms with Gasteiger partial charge < -0.3 is 24.8 Å². The standard InChI is InChI=1S/C24H19N3O4/c1-29-17-9-6-15(7-10-17)26-23-19-5-3-2-4-18(19)20(13-25-23)24(28)27-16-8-11-21-22(12-16)31-14-30-21/h2-13H,14H2,1H3,(H,25,26)(H,27,28). The largest absolute Gasteiger partial charge is 0.497 e. The van der Waals surface area contributed by atoms with Crippen LogP contribution in [0.2, 0.25) is 0 Å². The summed E-state index contributed by atoms with van der Waals surface area (Å²) in [4.78, 5) is 17.5. The molecule has 7 nitrogen and oxygen atoms in total. The number of hydrogen-bond acceptors (Lipinski definition) is 6. The Morgan fingerprint density at radius 3 is 2.48 bits per heavy atom. The van der Waals surface area contributed by atoms with E-state index in [9.17, 15) is 4.79 Å². The quantitative estimate of drug-likeness (QED) is 0.481. The summed E-state index contributed by atoms with van der Waals surface area (Å²) in [7, 11) is 1.63. The van der Waals surface area contributed by atoms with E-state index in [4.69, 9.17) is 14.2 Å². The van der Waals surface area contributed by atoms with Crippen LogP contribution < -0.4 is 24.8 Å². The minimum Gasteiger partial charge on any atom is -0.497 e. The summed E-state index contributed by atoms with van der Waals surface area (Å²) >= 11 is 0. The van der Waals surface area contributed by atoms with Gasteiger partial charge in [0.1, 0.15) is 11.6 Å². The fraction of sp³-hybridized carbons (Fsp3) is 0.0833. The van der Waals surface area contributed by atoms with Gasteiger partial charge in [-0.15, -0.1) is 0 Å². The van der Waals surface area contributed by atoms with Crippen LogP contribution in [0.1, 0.15) is 10.4 Å². The van der Waals surface area contributed by atoms with E-state index in [0.717, 1.165) is 22.2 Å². The van der Waals surface area contributed by atoms with Crippen LogP contribution in [0.4, 0.5) is 17.2 Å². The lowest BCUT2D eigenvalue weighted by atomic mass is 10.1. The maximum Gasteiger partial charge on any atom is 0.257 e. The number of ether oxygens (including phenoxy) is 3. The molecule has 2 N–H and O–H groups in total. The molecule has 0 bridgehead atoms. The molecule has 0 radical (unpaired) electrons. The average Bonchev–Trinajstić information content (AvgIpc) is 3.27. The summed E-state index contributed by atoms with van der Waals surface area (Å²) in [5.41, 5.74) is 1.98. The summed E-state index contributed by atoms with van der Waals surface area (Å²) in [6.07, 6.45) is 1.58. The zero-order valence-electron chi connectivity index (χ0n) is 16.7. The van der Waals surface area contributed by atoms with E-state index in [0.29, 0.717) is 28.6 Å². The van der Waals surface area contributed by atoms with Crippen LogP contribution >= 0.6 is 0 Å². The van der Waals surface area contributed by atoms with Crippen LogP contribution in [-0.4, -0.2) is 24.8 Å². The van der Waals surface area contributed by atoms with E-state index in [-0.39, 0.29) is 12.7 Å². The van der Waals surface area contributed by atoms with Crippen molar-refractivity contribution >= 4 is 33.9 Å². The van der Waals surface area contributed by atoms with Crippen LogP contribution in [0.15, 0.2) is 72.9 Å². The van der Waals surface area contributed by atoms with Crippen molar-refractivity contribution in [2.75, 3.05) is 24.5 Å². The topological polar surface area (TPSA) is 81.7 Å². The van der Waals surface area contributed by atoms with Crippen molar-refractivity contribution in [2.45, 2.75) is 0 Å². The minimum absolute atomic E-state index is 0.184. The fourth-order valence-electron chi connectivity index (χ4n) is 3.46. The molecule has 154 valence electrons. The summed E-state index contributed by atoms with van der Waals surface area (Å²) in [6, 6.07) is 20.5. The highest BCUT2D eigenvalue weighted by Crippen LogP contribution is 2.34. The maximum absolute atomic E-state index is 13.0. The summed E-state index contributed by atoms with van der Waals surface area (Å²) in [6.45, 7) is 0.184. The van der Waals surface area contributed by atoms with E-state index >= 15 is 0 Å². The van der Waals surface area contributed by atoms with E-state index < -0.39 is 0 Å². The maximum atomic E-state index is 13.0. The highest BCUT2D eigenvalue weighted by atomic mass is 16.7. The molecule has 0 aliphatic carbocycles. The summed E-state index contributed by atoms with van der Waals surface area (Å²) < 4.78 is 15.9. The zero-order chi connectivity index (χ0) is 21.2. The number of carbonyl (C=O) groups excluding carboxylic acids is 1. The Balaban J connectivity index is 1.44. The van der Waals surface area contributed by atoms with Gasteiger partial charge in [-0.3, -0.25) is 4.79 Å². The van der Waals surface area contributed by atoms with Crippen molar-refractivity contribution < 1.29 is 19.0 Å². The third-order valence-corrected chi connectivity index (χ3v) is 5.02. The second-order valence-corrected chi connectivity index (χ2v) is 6.94. The van der Waals surface area contributed by atoms with Crippen molar-refractivity contribution in [3.8, 4) is 17.2 Å². The number of methoxy groups -OCH3 is 1. The smallest absolute Gasteiger partial charge is 0.257 e. The number of pyridine rings is 1. The van der Waals surface area contributed by atoms with Crippen LogP contribution in [0.5, 0.6) is 17.2 Å². The Kier molecular flexibility index (Phi) is 4.76. The molecule has 3 aromatic carbocycles. The van der Waals surface area contributed by atoms with Crippen LogP contribution in [0.3, 0.4) is 0 Å². The Morgan fingerprint density at radius 1 is 0.935 bits per heavy atom. The van der Waals surface area contributed by atoms with Gasteiger partial charge in [-0.25, -0.2) is 4.98 Å². The summed E-state index contributed by atoms with van der Waals surface area (Å²) in [5.74, 6) is 2.47. The first-order valence-electron chi connectivity index (χ1n) is 9.71. The zero-order valence-corrected chi connectivity index (χ0v) is 16.7. The molecule has 31 heavy (non-hydrogen) atoms. The fourth-order valence-corrected chi connectivity index (χ4v) is 3.46. The van der Waals surface area contributed by atoms with Crippen LogP contribution in [-0.2, 0) is 0 Å². The molecule has 1 amide bonds. The summed E-state index contributed by atoms with van der Waals surface area (Å²) in [5, 5.41) is 7.87. The van der Waals surface area contributed by atoms with E-state index in [2.05, 4.69) is 15.6 Å². The molecule has 0 fully saturated rings. The molecule has 4 aromatic rings. The SMILES string of the molecule is COc1ccc(Nc2ncc(C(=O)Nc3ccc4c(c3)OCO4)c3ccccc23)cc1. The number of amides is 1. The molecule has 0 saturated heterocycles. The van der Waals surface area contributed by atoms with E-state index in [1.807, 2.05) is 48.5 Å². The number of fused-ring (bicyclic) bond motifs is 2. The number of rotatable bonds is 5. The van der Waals surface area contributed by atoms with Gasteiger partial charge in [0.2, 0.25) is 6.79 Å². The lowest BCUT2D eigenvalue weighted by Gasteiger charge is -2.13. The van der Waals surface area contributed by atoms with Gasteiger partial charge in [0.25, 0.3) is 5.91 Å². The van der Waals surface area contributed by atoms with Crippen LogP contribution in [0.25, 0.3) is 10.8 Å². The number of hydrogen-bond donors (Lipinski definition) is 2. The molecule has 1 aromatic heterocycles. The predicted octanol–water partition coefficient (Wildman–Crippen LogP) is 4.97. The van der Waals surface area contributed by atoms with Crippen molar-refractivity contribution in [1.82, 2.24) is 4.98 Å². The van der Waals surface area contributed by atoms with Gasteiger partial charge >= 0.3 is 0 Å². The van der Waals surface area contributed by atoms with Crippen molar-refractivity contribution in [3.05, 3.63) is 78.5 Å².